The van der Waals surface area contributed by atoms with Crippen molar-refractivity contribution in [3.05, 3.63) is 29.6 Å². The van der Waals surface area contributed by atoms with E-state index in [9.17, 15) is 14.0 Å². The van der Waals surface area contributed by atoms with Crippen LogP contribution in [0.5, 0.6) is 0 Å². The van der Waals surface area contributed by atoms with Crippen LogP contribution >= 0.6 is 0 Å². The highest BCUT2D eigenvalue weighted by Gasteiger charge is 2.34. The van der Waals surface area contributed by atoms with Gasteiger partial charge in [0.05, 0.1) is 12.2 Å². The van der Waals surface area contributed by atoms with E-state index in [0.29, 0.717) is 24.9 Å². The molecule has 126 valence electrons. The van der Waals surface area contributed by atoms with Gasteiger partial charge in [0.15, 0.2) is 0 Å². The summed E-state index contributed by atoms with van der Waals surface area (Å²) in [5, 5.41) is 14.2. The smallest absolute Gasteiger partial charge is 0.319 e. The number of carbonyl (C=O) groups is 2. The number of benzene rings is 1. The molecule has 0 spiro atoms. The first-order valence-electron chi connectivity index (χ1n) is 7.69. The number of carboxylic acid groups (broad SMARTS) is 1. The van der Waals surface area contributed by atoms with Crippen LogP contribution in [0.1, 0.15) is 25.3 Å². The van der Waals surface area contributed by atoms with Crippen LogP contribution in [-0.4, -0.2) is 47.2 Å². The van der Waals surface area contributed by atoms with Gasteiger partial charge in [-0.3, -0.25) is 9.69 Å². The molecule has 6 nitrogen and oxygen atoms in total. The third-order valence-electron chi connectivity index (χ3n) is 4.17. The van der Waals surface area contributed by atoms with E-state index in [2.05, 4.69) is 10.6 Å². The number of halogens is 1. The van der Waals surface area contributed by atoms with Gasteiger partial charge >= 0.3 is 12.0 Å². The van der Waals surface area contributed by atoms with Gasteiger partial charge in [-0.15, -0.1) is 0 Å². The number of likely N-dealkylation sites (N-methyl/N-ethyl adjacent to an activating group) is 1. The number of aryl methyl sites for hydroxylation is 1. The van der Waals surface area contributed by atoms with Crippen LogP contribution in [0, 0.1) is 12.7 Å². The summed E-state index contributed by atoms with van der Waals surface area (Å²) in [5.74, 6) is -1.32. The summed E-state index contributed by atoms with van der Waals surface area (Å²) in [6.45, 7) is 4.30. The average molecular weight is 323 g/mol. The molecule has 0 atom stereocenters. The third-order valence-corrected chi connectivity index (χ3v) is 4.17. The number of carboxylic acids is 1. The third kappa shape index (κ3) is 4.41. The van der Waals surface area contributed by atoms with Crippen molar-refractivity contribution in [3.8, 4) is 0 Å². The molecule has 1 aromatic rings. The summed E-state index contributed by atoms with van der Waals surface area (Å²) in [6, 6.07) is 4.32. The van der Waals surface area contributed by atoms with Gasteiger partial charge in [0.25, 0.3) is 0 Å². The number of rotatable bonds is 6. The van der Waals surface area contributed by atoms with E-state index in [4.69, 9.17) is 5.11 Å². The summed E-state index contributed by atoms with van der Waals surface area (Å²) in [4.78, 5) is 24.6. The average Bonchev–Trinajstić information content (AvgIpc) is 2.44. The number of anilines is 1. The van der Waals surface area contributed by atoms with Gasteiger partial charge in [0.2, 0.25) is 0 Å². The van der Waals surface area contributed by atoms with E-state index >= 15 is 0 Å². The molecule has 1 aromatic carbocycles. The molecule has 1 aliphatic carbocycles. The summed E-state index contributed by atoms with van der Waals surface area (Å²) in [7, 11) is 0. The van der Waals surface area contributed by atoms with Crippen molar-refractivity contribution in [1.82, 2.24) is 10.2 Å². The number of aliphatic carboxylic acids is 1. The van der Waals surface area contributed by atoms with Gasteiger partial charge in [-0.05, 0) is 37.9 Å². The Hall–Kier alpha value is -2.15. The maximum absolute atomic E-state index is 13.7. The molecular formula is C16H22FN3O3. The Morgan fingerprint density at radius 2 is 2.09 bits per heavy atom. The molecule has 3 N–H and O–H groups in total. The molecule has 0 saturated heterocycles. The summed E-state index contributed by atoms with van der Waals surface area (Å²) in [6.07, 6.45) is 1.40. The molecule has 1 aliphatic rings. The monoisotopic (exact) mass is 323 g/mol. The molecule has 0 unspecified atom stereocenters. The molecular weight excluding hydrogens is 301 g/mol. The lowest BCUT2D eigenvalue weighted by Crippen LogP contribution is -2.55. The zero-order valence-electron chi connectivity index (χ0n) is 13.3. The molecule has 0 bridgehead atoms. The minimum atomic E-state index is -0.851. The molecule has 2 rings (SSSR count). The fourth-order valence-electron chi connectivity index (χ4n) is 2.80. The molecule has 7 heteroatoms. The molecule has 0 heterocycles. The fourth-order valence-corrected chi connectivity index (χ4v) is 2.80. The molecule has 23 heavy (non-hydrogen) atoms. The molecule has 1 saturated carbocycles. The van der Waals surface area contributed by atoms with E-state index in [1.54, 1.807) is 19.1 Å². The van der Waals surface area contributed by atoms with Crippen molar-refractivity contribution in [1.29, 1.82) is 0 Å². The van der Waals surface area contributed by atoms with Crippen LogP contribution in [0.2, 0.25) is 0 Å². The van der Waals surface area contributed by atoms with Gasteiger partial charge in [-0.25, -0.2) is 9.18 Å². The van der Waals surface area contributed by atoms with Gasteiger partial charge in [0, 0.05) is 12.1 Å². The van der Waals surface area contributed by atoms with Crippen molar-refractivity contribution in [2.75, 3.05) is 18.4 Å². The number of nitrogens with one attached hydrogen (secondary N) is 2. The zero-order valence-corrected chi connectivity index (χ0v) is 13.3. The molecule has 0 radical (unpaired) electrons. The zero-order chi connectivity index (χ0) is 17.0. The van der Waals surface area contributed by atoms with Gasteiger partial charge in [0.1, 0.15) is 5.82 Å². The number of hydrogen-bond acceptors (Lipinski definition) is 3. The largest absolute Gasteiger partial charge is 0.480 e. The van der Waals surface area contributed by atoms with E-state index in [1.165, 1.54) is 6.07 Å². The summed E-state index contributed by atoms with van der Waals surface area (Å²) in [5.41, 5.74) is 0.840. The molecule has 0 aromatic heterocycles. The molecule has 1 fully saturated rings. The first-order chi connectivity index (χ1) is 10.9. The highest BCUT2D eigenvalue weighted by Crippen LogP contribution is 2.26. The maximum atomic E-state index is 13.7. The number of urea groups is 1. The lowest BCUT2D eigenvalue weighted by atomic mass is 9.85. The first-order valence-corrected chi connectivity index (χ1v) is 7.69. The number of hydrogen-bond donors (Lipinski definition) is 3. The Bertz CT molecular complexity index is 568. The van der Waals surface area contributed by atoms with Gasteiger partial charge in [-0.2, -0.15) is 0 Å². The van der Waals surface area contributed by atoms with Crippen molar-refractivity contribution < 1.29 is 19.1 Å². The van der Waals surface area contributed by atoms with Crippen LogP contribution in [0.3, 0.4) is 0 Å². The van der Waals surface area contributed by atoms with E-state index in [0.717, 1.165) is 0 Å². The molecule has 0 aliphatic heterocycles. The SMILES string of the molecule is CCN(CC(=O)O)C1CC(NC(=O)Nc2c(C)cccc2F)C1. The van der Waals surface area contributed by atoms with E-state index in [-0.39, 0.29) is 24.3 Å². The van der Waals surface area contributed by atoms with Crippen LogP contribution in [-0.2, 0) is 4.79 Å². The van der Waals surface area contributed by atoms with Crippen molar-refractivity contribution >= 4 is 17.7 Å². The molecule has 2 amide bonds. The Labute approximate surface area is 134 Å². The second kappa shape index (κ2) is 7.41. The van der Waals surface area contributed by atoms with Crippen LogP contribution in [0.4, 0.5) is 14.9 Å². The van der Waals surface area contributed by atoms with Crippen molar-refractivity contribution in [2.45, 2.75) is 38.8 Å². The van der Waals surface area contributed by atoms with Crippen LogP contribution < -0.4 is 10.6 Å². The minimum Gasteiger partial charge on any atom is -0.480 e. The quantitative estimate of drug-likeness (QED) is 0.749. The van der Waals surface area contributed by atoms with E-state index in [1.807, 2.05) is 11.8 Å². The van der Waals surface area contributed by atoms with Gasteiger partial charge in [-0.1, -0.05) is 19.1 Å². The number of amides is 2. The standard InChI is InChI=1S/C16H22FN3O3/c1-3-20(9-14(21)22)12-7-11(8-12)18-16(23)19-15-10(2)5-4-6-13(15)17/h4-6,11-12H,3,7-9H2,1-2H3,(H,21,22)(H2,18,19,23). The van der Waals surface area contributed by atoms with Gasteiger partial charge < -0.3 is 15.7 Å². The first kappa shape index (κ1) is 17.2. The summed E-state index contributed by atoms with van der Waals surface area (Å²) >= 11 is 0. The normalized spacial score (nSPS) is 20.0. The lowest BCUT2D eigenvalue weighted by molar-refractivity contribution is -0.139. The summed E-state index contributed by atoms with van der Waals surface area (Å²) < 4.78 is 13.7. The second-order valence-electron chi connectivity index (χ2n) is 5.81. The highest BCUT2D eigenvalue weighted by atomic mass is 19.1. The van der Waals surface area contributed by atoms with Crippen LogP contribution in [0.15, 0.2) is 18.2 Å². The van der Waals surface area contributed by atoms with Crippen molar-refractivity contribution in [2.24, 2.45) is 0 Å². The number of para-hydroxylation sites is 1. The fraction of sp³-hybridized carbons (Fsp3) is 0.500. The highest BCUT2D eigenvalue weighted by molar-refractivity contribution is 5.90. The minimum absolute atomic E-state index is 0.00844. The Kier molecular flexibility index (Phi) is 5.54. The number of carbonyl (C=O) groups excluding carboxylic acids is 1. The lowest BCUT2D eigenvalue weighted by Gasteiger charge is -2.42. The number of nitrogens with zero attached hydrogens (tertiary/aromatic N) is 1. The van der Waals surface area contributed by atoms with Crippen molar-refractivity contribution in [3.63, 3.8) is 0 Å². The van der Waals surface area contributed by atoms with Crippen LogP contribution in [0.25, 0.3) is 0 Å². The Morgan fingerprint density at radius 1 is 1.39 bits per heavy atom. The Morgan fingerprint density at radius 3 is 2.65 bits per heavy atom. The van der Waals surface area contributed by atoms with E-state index < -0.39 is 17.8 Å². The Balaban J connectivity index is 1.81. The maximum Gasteiger partial charge on any atom is 0.319 e. The predicted octanol–water partition coefficient (Wildman–Crippen LogP) is 2.19. The predicted molar refractivity (Wildman–Crippen MR) is 85.0 cm³/mol. The second-order valence-corrected chi connectivity index (χ2v) is 5.81. The topological polar surface area (TPSA) is 81.7 Å².